The smallest absolute Gasteiger partial charge is 0.167 e. The van der Waals surface area contributed by atoms with Crippen molar-refractivity contribution in [3.8, 4) is 0 Å². The fourth-order valence-electron chi connectivity index (χ4n) is 0.895. The molecule has 0 aliphatic carbocycles. The Hall–Kier alpha value is -0.840. The maximum atomic E-state index is 12.7. The Kier molecular flexibility index (Phi) is 4.13. The molecule has 0 saturated heterocycles. The molecule has 0 bridgehead atoms. The summed E-state index contributed by atoms with van der Waals surface area (Å²) in [5.74, 6) is -0.907. The zero-order valence-electron chi connectivity index (χ0n) is 8.13. The Labute approximate surface area is 86.0 Å². The van der Waals surface area contributed by atoms with Gasteiger partial charge in [0.15, 0.2) is 5.16 Å². The van der Waals surface area contributed by atoms with Crippen LogP contribution in [0.2, 0.25) is 0 Å². The Morgan fingerprint density at radius 3 is 2.79 bits per heavy atom. The van der Waals surface area contributed by atoms with Crippen molar-refractivity contribution >= 4 is 11.8 Å². The predicted molar refractivity (Wildman–Crippen MR) is 53.5 cm³/mol. The van der Waals surface area contributed by atoms with Gasteiger partial charge in [0.1, 0.15) is 11.7 Å². The number of hydrogen-bond donors (Lipinski definition) is 0. The maximum Gasteiger partial charge on any atom is 0.167 e. The molecule has 0 unspecified atom stereocenters. The highest BCUT2D eigenvalue weighted by atomic mass is 32.2. The van der Waals surface area contributed by atoms with E-state index in [1.54, 1.807) is 6.20 Å². The molecule has 0 saturated carbocycles. The molecule has 0 atom stereocenters. The van der Waals surface area contributed by atoms with E-state index in [1.807, 2.05) is 17.8 Å². The number of aromatic nitrogens is 2. The van der Waals surface area contributed by atoms with Gasteiger partial charge in [-0.05, 0) is 6.92 Å². The van der Waals surface area contributed by atoms with Crippen molar-refractivity contribution in [1.29, 1.82) is 0 Å². The third-order valence-electron chi connectivity index (χ3n) is 1.70. The summed E-state index contributed by atoms with van der Waals surface area (Å²) in [7, 11) is 1.86. The molecule has 1 aromatic rings. The molecule has 0 N–H and O–H groups in total. The lowest BCUT2D eigenvalue weighted by molar-refractivity contribution is 0.519. The second-order valence-electron chi connectivity index (χ2n) is 2.86. The molecule has 0 aliphatic rings. The molecule has 0 aliphatic heterocycles. The number of aryl methyl sites for hydroxylation is 1. The van der Waals surface area contributed by atoms with Crippen molar-refractivity contribution in [3.05, 3.63) is 24.0 Å². The van der Waals surface area contributed by atoms with Gasteiger partial charge in [-0.2, -0.15) is 0 Å². The van der Waals surface area contributed by atoms with Crippen LogP contribution in [0.15, 0.2) is 29.2 Å². The molecular weight excluding hydrogens is 206 g/mol. The molecule has 0 spiro atoms. The number of hydrogen-bond acceptors (Lipinski definition) is 2. The SMILES string of the molecule is C/C(F)=C(\F)CCSc1nccn1C. The lowest BCUT2D eigenvalue weighted by Crippen LogP contribution is -1.90. The van der Waals surface area contributed by atoms with Crippen LogP contribution in [0.5, 0.6) is 0 Å². The summed E-state index contributed by atoms with van der Waals surface area (Å²) >= 11 is 1.41. The van der Waals surface area contributed by atoms with Gasteiger partial charge in [0.25, 0.3) is 0 Å². The average Bonchev–Trinajstić information content (AvgIpc) is 2.51. The van der Waals surface area contributed by atoms with E-state index in [4.69, 9.17) is 0 Å². The summed E-state index contributed by atoms with van der Waals surface area (Å²) in [4.78, 5) is 4.05. The number of imidazole rings is 1. The van der Waals surface area contributed by atoms with Crippen LogP contribution in [0.25, 0.3) is 0 Å². The van der Waals surface area contributed by atoms with Crippen LogP contribution < -0.4 is 0 Å². The molecule has 14 heavy (non-hydrogen) atoms. The van der Waals surface area contributed by atoms with Gasteiger partial charge < -0.3 is 4.57 Å². The van der Waals surface area contributed by atoms with Gasteiger partial charge in [-0.25, -0.2) is 13.8 Å². The van der Waals surface area contributed by atoms with Gasteiger partial charge in [0.2, 0.25) is 0 Å². The highest BCUT2D eigenvalue weighted by molar-refractivity contribution is 7.99. The highest BCUT2D eigenvalue weighted by Crippen LogP contribution is 2.20. The molecule has 78 valence electrons. The number of halogens is 2. The average molecular weight is 218 g/mol. The standard InChI is InChI=1S/C9H12F2N2S/c1-7(10)8(11)3-6-14-9-12-4-5-13(9)2/h4-5H,3,6H2,1-2H3/b8-7+. The van der Waals surface area contributed by atoms with Crippen LogP contribution in [0.3, 0.4) is 0 Å². The van der Waals surface area contributed by atoms with Crippen molar-refractivity contribution < 1.29 is 8.78 Å². The molecule has 0 fully saturated rings. The Morgan fingerprint density at radius 2 is 2.29 bits per heavy atom. The monoisotopic (exact) mass is 218 g/mol. The van der Waals surface area contributed by atoms with Crippen molar-refractivity contribution in [1.82, 2.24) is 9.55 Å². The number of nitrogens with zero attached hydrogens (tertiary/aromatic N) is 2. The Bertz CT molecular complexity index is 329. The zero-order valence-corrected chi connectivity index (χ0v) is 8.94. The van der Waals surface area contributed by atoms with Crippen molar-refractivity contribution in [2.45, 2.75) is 18.5 Å². The van der Waals surface area contributed by atoms with E-state index in [2.05, 4.69) is 4.98 Å². The van der Waals surface area contributed by atoms with Gasteiger partial charge in [-0.3, -0.25) is 0 Å². The van der Waals surface area contributed by atoms with Crippen molar-refractivity contribution in [3.63, 3.8) is 0 Å². The Morgan fingerprint density at radius 1 is 1.57 bits per heavy atom. The van der Waals surface area contributed by atoms with Gasteiger partial charge in [-0.15, -0.1) is 0 Å². The second-order valence-corrected chi connectivity index (χ2v) is 3.92. The second kappa shape index (κ2) is 5.14. The zero-order chi connectivity index (χ0) is 10.6. The fraction of sp³-hybridized carbons (Fsp3) is 0.444. The lowest BCUT2D eigenvalue weighted by Gasteiger charge is -2.00. The number of allylic oxidation sites excluding steroid dienone is 2. The van der Waals surface area contributed by atoms with E-state index >= 15 is 0 Å². The van der Waals surface area contributed by atoms with Crippen LogP contribution in [0, 0.1) is 0 Å². The van der Waals surface area contributed by atoms with E-state index in [1.165, 1.54) is 11.8 Å². The molecule has 0 radical (unpaired) electrons. The Balaban J connectivity index is 2.36. The molecule has 0 amide bonds. The van der Waals surface area contributed by atoms with Crippen LogP contribution in [0.4, 0.5) is 8.78 Å². The van der Waals surface area contributed by atoms with E-state index in [-0.39, 0.29) is 6.42 Å². The normalized spacial score (nSPS) is 12.9. The van der Waals surface area contributed by atoms with Gasteiger partial charge in [0.05, 0.1) is 0 Å². The molecular formula is C9H12F2N2S. The third kappa shape index (κ3) is 3.14. The minimum absolute atomic E-state index is 0.111. The molecule has 0 aromatic carbocycles. The summed E-state index contributed by atoms with van der Waals surface area (Å²) in [5, 5.41) is 0.814. The molecule has 1 rings (SSSR count). The van der Waals surface area contributed by atoms with Crippen LogP contribution in [-0.4, -0.2) is 15.3 Å². The topological polar surface area (TPSA) is 17.8 Å². The van der Waals surface area contributed by atoms with Crippen molar-refractivity contribution in [2.24, 2.45) is 7.05 Å². The molecule has 5 heteroatoms. The van der Waals surface area contributed by atoms with Gasteiger partial charge in [-0.1, -0.05) is 11.8 Å². The fourth-order valence-corrected chi connectivity index (χ4v) is 1.76. The largest absolute Gasteiger partial charge is 0.329 e. The summed E-state index contributed by atoms with van der Waals surface area (Å²) < 4.78 is 26.9. The first kappa shape index (κ1) is 11.2. The lowest BCUT2D eigenvalue weighted by atomic mass is 10.4. The third-order valence-corrected chi connectivity index (χ3v) is 2.76. The first-order chi connectivity index (χ1) is 6.61. The minimum atomic E-state index is -0.731. The van der Waals surface area contributed by atoms with E-state index in [0.29, 0.717) is 5.75 Å². The first-order valence-electron chi connectivity index (χ1n) is 4.22. The van der Waals surface area contributed by atoms with Crippen LogP contribution in [0.1, 0.15) is 13.3 Å². The quantitative estimate of drug-likeness (QED) is 0.723. The molecule has 1 aromatic heterocycles. The van der Waals surface area contributed by atoms with E-state index in [9.17, 15) is 8.78 Å². The van der Waals surface area contributed by atoms with E-state index < -0.39 is 11.7 Å². The first-order valence-corrected chi connectivity index (χ1v) is 5.20. The summed E-state index contributed by atoms with van der Waals surface area (Å²) in [5.41, 5.74) is 0. The minimum Gasteiger partial charge on any atom is -0.329 e. The van der Waals surface area contributed by atoms with Crippen LogP contribution in [-0.2, 0) is 7.05 Å². The number of thioether (sulfide) groups is 1. The maximum absolute atomic E-state index is 12.7. The van der Waals surface area contributed by atoms with E-state index in [0.717, 1.165) is 12.1 Å². The predicted octanol–water partition coefficient (Wildman–Crippen LogP) is 3.07. The van der Waals surface area contributed by atoms with Crippen LogP contribution >= 0.6 is 11.8 Å². The summed E-state index contributed by atoms with van der Waals surface area (Å²) in [6.45, 7) is 1.13. The summed E-state index contributed by atoms with van der Waals surface area (Å²) in [6, 6.07) is 0. The summed E-state index contributed by atoms with van der Waals surface area (Å²) in [6.07, 6.45) is 3.60. The van der Waals surface area contributed by atoms with Gasteiger partial charge >= 0.3 is 0 Å². The molecule has 2 nitrogen and oxygen atoms in total. The number of rotatable bonds is 4. The molecule has 1 heterocycles. The van der Waals surface area contributed by atoms with Gasteiger partial charge in [0, 0.05) is 31.6 Å². The highest BCUT2D eigenvalue weighted by Gasteiger charge is 2.03. The van der Waals surface area contributed by atoms with Crippen molar-refractivity contribution in [2.75, 3.05) is 5.75 Å².